The van der Waals surface area contributed by atoms with Gasteiger partial charge in [-0.2, -0.15) is 0 Å². The second kappa shape index (κ2) is 8.46. The van der Waals surface area contributed by atoms with Gasteiger partial charge in [0.1, 0.15) is 6.54 Å². The van der Waals surface area contributed by atoms with Crippen molar-refractivity contribution in [1.29, 1.82) is 0 Å². The number of rotatable bonds is 8. The number of hydrogen-bond acceptors (Lipinski definition) is 1. The number of carboxylic acids is 1. The number of pyridine rings is 1. The Bertz CT molecular complexity index is 407. The van der Waals surface area contributed by atoms with Gasteiger partial charge >= 0.3 is 5.97 Å². The quantitative estimate of drug-likeness (QED) is 0.577. The number of aryl methyl sites for hydroxylation is 1. The lowest BCUT2D eigenvalue weighted by Crippen LogP contribution is -2.32. The van der Waals surface area contributed by atoms with Crippen LogP contribution in [0.1, 0.15) is 45.1 Å². The molecule has 0 aliphatic rings. The highest BCUT2D eigenvalue weighted by Crippen LogP contribution is 2.04. The molecule has 1 heterocycles. The van der Waals surface area contributed by atoms with Crippen LogP contribution in [0.3, 0.4) is 0 Å². The average molecular weight is 262 g/mol. The SMILES string of the molecule is CC(C)/C=C/c1cc[n+](CCCCCC(=O)O)cc1. The lowest BCUT2D eigenvalue weighted by Gasteiger charge is -1.98. The molecule has 0 fully saturated rings. The molecule has 0 amide bonds. The third kappa shape index (κ3) is 7.39. The van der Waals surface area contributed by atoms with E-state index in [2.05, 4.69) is 55.1 Å². The van der Waals surface area contributed by atoms with Gasteiger partial charge in [0.2, 0.25) is 0 Å². The standard InChI is InChI=1S/C16H23NO2/c1-14(2)7-8-15-9-12-17(13-10-15)11-5-3-4-6-16(18)19/h7-10,12-14H,3-6,11H2,1-2H3/p+1/b8-7+. The van der Waals surface area contributed by atoms with Crippen molar-refractivity contribution >= 4 is 12.0 Å². The molecular formula is C16H24NO2+. The highest BCUT2D eigenvalue weighted by atomic mass is 16.4. The van der Waals surface area contributed by atoms with Crippen LogP contribution in [0.4, 0.5) is 0 Å². The normalized spacial score (nSPS) is 11.3. The van der Waals surface area contributed by atoms with E-state index in [9.17, 15) is 4.79 Å². The van der Waals surface area contributed by atoms with Crippen molar-refractivity contribution in [3.05, 3.63) is 36.2 Å². The number of aliphatic carboxylic acids is 1. The third-order valence-electron chi connectivity index (χ3n) is 2.90. The molecule has 0 aliphatic heterocycles. The Morgan fingerprint density at radius 1 is 1.26 bits per heavy atom. The Morgan fingerprint density at radius 2 is 1.95 bits per heavy atom. The van der Waals surface area contributed by atoms with Crippen molar-refractivity contribution in [2.24, 2.45) is 5.92 Å². The van der Waals surface area contributed by atoms with Gasteiger partial charge in [0.05, 0.1) is 0 Å². The first-order chi connectivity index (χ1) is 9.08. The van der Waals surface area contributed by atoms with Crippen LogP contribution in [0.15, 0.2) is 30.6 Å². The van der Waals surface area contributed by atoms with E-state index in [1.807, 2.05) is 0 Å². The van der Waals surface area contributed by atoms with E-state index in [1.54, 1.807) is 0 Å². The molecule has 0 saturated carbocycles. The number of nitrogens with zero attached hydrogens (tertiary/aromatic N) is 1. The van der Waals surface area contributed by atoms with Gasteiger partial charge in [-0.1, -0.05) is 26.0 Å². The summed E-state index contributed by atoms with van der Waals surface area (Å²) in [4.78, 5) is 10.4. The molecule has 1 aromatic rings. The van der Waals surface area contributed by atoms with Crippen molar-refractivity contribution in [2.45, 2.75) is 46.1 Å². The van der Waals surface area contributed by atoms with E-state index >= 15 is 0 Å². The largest absolute Gasteiger partial charge is 0.481 e. The number of carbonyl (C=O) groups is 1. The average Bonchev–Trinajstić information content (AvgIpc) is 2.37. The second-order valence-electron chi connectivity index (χ2n) is 5.18. The predicted octanol–water partition coefficient (Wildman–Crippen LogP) is 3.29. The van der Waals surface area contributed by atoms with Gasteiger partial charge in [-0.3, -0.25) is 4.79 Å². The van der Waals surface area contributed by atoms with Crippen LogP contribution in [-0.2, 0) is 11.3 Å². The molecule has 0 bridgehead atoms. The van der Waals surface area contributed by atoms with Gasteiger partial charge < -0.3 is 5.11 Å². The summed E-state index contributed by atoms with van der Waals surface area (Å²) in [6.45, 7) is 5.28. The molecule has 0 unspecified atom stereocenters. The van der Waals surface area contributed by atoms with Crippen LogP contribution in [0.5, 0.6) is 0 Å². The first kappa shape index (κ1) is 15.4. The van der Waals surface area contributed by atoms with E-state index in [0.717, 1.165) is 25.8 Å². The molecule has 1 aromatic heterocycles. The third-order valence-corrected chi connectivity index (χ3v) is 2.90. The number of unbranched alkanes of at least 4 members (excludes halogenated alkanes) is 2. The van der Waals surface area contributed by atoms with Gasteiger partial charge in [0.15, 0.2) is 12.4 Å². The van der Waals surface area contributed by atoms with Crippen LogP contribution < -0.4 is 4.57 Å². The molecule has 0 radical (unpaired) electrons. The molecule has 1 N–H and O–H groups in total. The Kier molecular flexibility index (Phi) is 6.86. The maximum atomic E-state index is 10.4. The molecule has 0 aromatic carbocycles. The Hall–Kier alpha value is -1.64. The Morgan fingerprint density at radius 3 is 2.53 bits per heavy atom. The number of allylic oxidation sites excluding steroid dienone is 1. The zero-order valence-electron chi connectivity index (χ0n) is 11.9. The van der Waals surface area contributed by atoms with Gasteiger partial charge in [-0.15, -0.1) is 0 Å². The summed E-state index contributed by atoms with van der Waals surface area (Å²) in [6, 6.07) is 4.21. The number of carboxylic acid groups (broad SMARTS) is 1. The van der Waals surface area contributed by atoms with Crippen molar-refractivity contribution in [3.8, 4) is 0 Å². The Balaban J connectivity index is 2.30. The van der Waals surface area contributed by atoms with E-state index in [1.165, 1.54) is 5.56 Å². The summed E-state index contributed by atoms with van der Waals surface area (Å²) in [6.07, 6.45) is 11.5. The summed E-state index contributed by atoms with van der Waals surface area (Å²) >= 11 is 0. The lowest BCUT2D eigenvalue weighted by molar-refractivity contribution is -0.697. The van der Waals surface area contributed by atoms with Crippen LogP contribution in [-0.4, -0.2) is 11.1 Å². The van der Waals surface area contributed by atoms with Crippen LogP contribution in [0.25, 0.3) is 6.08 Å². The first-order valence-electron chi connectivity index (χ1n) is 6.97. The molecule has 0 saturated heterocycles. The molecule has 0 atom stereocenters. The van der Waals surface area contributed by atoms with Crippen molar-refractivity contribution < 1.29 is 14.5 Å². The van der Waals surface area contributed by atoms with E-state index in [0.29, 0.717) is 5.92 Å². The minimum Gasteiger partial charge on any atom is -0.481 e. The molecule has 3 heteroatoms. The fourth-order valence-electron chi connectivity index (χ4n) is 1.78. The van der Waals surface area contributed by atoms with Crippen molar-refractivity contribution in [2.75, 3.05) is 0 Å². The van der Waals surface area contributed by atoms with Crippen LogP contribution >= 0.6 is 0 Å². The fourth-order valence-corrected chi connectivity index (χ4v) is 1.78. The molecule has 0 spiro atoms. The summed E-state index contributed by atoms with van der Waals surface area (Å²) < 4.78 is 2.15. The highest BCUT2D eigenvalue weighted by molar-refractivity contribution is 5.66. The van der Waals surface area contributed by atoms with Crippen molar-refractivity contribution in [1.82, 2.24) is 0 Å². The van der Waals surface area contributed by atoms with E-state index in [-0.39, 0.29) is 6.42 Å². The molecule has 19 heavy (non-hydrogen) atoms. The molecule has 1 rings (SSSR count). The minimum atomic E-state index is -0.700. The molecule has 104 valence electrons. The summed E-state index contributed by atoms with van der Waals surface area (Å²) in [5.74, 6) is -0.129. The maximum Gasteiger partial charge on any atom is 0.303 e. The Labute approximate surface area is 115 Å². The zero-order valence-corrected chi connectivity index (χ0v) is 11.9. The number of hydrogen-bond donors (Lipinski definition) is 1. The summed E-state index contributed by atoms with van der Waals surface area (Å²) in [7, 11) is 0. The van der Waals surface area contributed by atoms with Gasteiger partial charge in [0.25, 0.3) is 0 Å². The van der Waals surface area contributed by atoms with E-state index < -0.39 is 5.97 Å². The number of aromatic nitrogens is 1. The summed E-state index contributed by atoms with van der Waals surface area (Å²) in [5, 5.41) is 8.54. The summed E-state index contributed by atoms with van der Waals surface area (Å²) in [5.41, 5.74) is 1.22. The monoisotopic (exact) mass is 262 g/mol. The topological polar surface area (TPSA) is 41.2 Å². The van der Waals surface area contributed by atoms with Gasteiger partial charge in [-0.25, -0.2) is 4.57 Å². The van der Waals surface area contributed by atoms with Crippen LogP contribution in [0, 0.1) is 5.92 Å². The first-order valence-corrected chi connectivity index (χ1v) is 6.97. The molecule has 0 aliphatic carbocycles. The van der Waals surface area contributed by atoms with Crippen LogP contribution in [0.2, 0.25) is 0 Å². The van der Waals surface area contributed by atoms with Gasteiger partial charge in [-0.05, 0) is 24.3 Å². The minimum absolute atomic E-state index is 0.281. The zero-order chi connectivity index (χ0) is 14.1. The predicted molar refractivity (Wildman–Crippen MR) is 76.6 cm³/mol. The van der Waals surface area contributed by atoms with E-state index in [4.69, 9.17) is 5.11 Å². The smallest absolute Gasteiger partial charge is 0.303 e. The fraction of sp³-hybridized carbons (Fsp3) is 0.500. The maximum absolute atomic E-state index is 10.4. The second-order valence-corrected chi connectivity index (χ2v) is 5.18. The molecular weight excluding hydrogens is 238 g/mol. The van der Waals surface area contributed by atoms with Crippen molar-refractivity contribution in [3.63, 3.8) is 0 Å². The lowest BCUT2D eigenvalue weighted by atomic mass is 10.1. The highest BCUT2D eigenvalue weighted by Gasteiger charge is 2.01. The molecule has 3 nitrogen and oxygen atoms in total. The van der Waals surface area contributed by atoms with Gasteiger partial charge in [0, 0.05) is 25.0 Å².